The fourth-order valence-electron chi connectivity index (χ4n) is 3.31. The third kappa shape index (κ3) is 4.48. The van der Waals surface area contributed by atoms with Crippen LogP contribution in [0.3, 0.4) is 0 Å². The summed E-state index contributed by atoms with van der Waals surface area (Å²) in [6, 6.07) is -0.722. The van der Waals surface area contributed by atoms with Gasteiger partial charge in [-0.3, -0.25) is 4.90 Å². The summed E-state index contributed by atoms with van der Waals surface area (Å²) < 4.78 is 5.19. The Morgan fingerprint density at radius 1 is 1.38 bits per heavy atom. The molecule has 0 aromatic rings. The van der Waals surface area contributed by atoms with E-state index < -0.39 is 23.7 Å². The van der Waals surface area contributed by atoms with Gasteiger partial charge in [0, 0.05) is 32.6 Å². The summed E-state index contributed by atoms with van der Waals surface area (Å²) in [7, 11) is 0. The molecule has 2 saturated heterocycles. The third-order valence-electron chi connectivity index (χ3n) is 4.76. The van der Waals surface area contributed by atoms with Gasteiger partial charge in [-0.25, -0.2) is 0 Å². The van der Waals surface area contributed by atoms with Gasteiger partial charge in [-0.2, -0.15) is 0 Å². The Morgan fingerprint density at radius 3 is 2.48 bits per heavy atom. The van der Waals surface area contributed by atoms with E-state index in [0.717, 1.165) is 6.42 Å². The second-order valence-corrected chi connectivity index (χ2v) is 6.69. The summed E-state index contributed by atoms with van der Waals surface area (Å²) in [6.45, 7) is 5.37. The van der Waals surface area contributed by atoms with Gasteiger partial charge in [-0.05, 0) is 18.4 Å². The fraction of sp³-hybridized carbons (Fsp3) is 0.929. The third-order valence-corrected chi connectivity index (χ3v) is 4.76. The molecular formula is C14H24KNO5. The number of carboxylic acids is 1. The zero-order valence-corrected chi connectivity index (χ0v) is 16.3. The van der Waals surface area contributed by atoms with Gasteiger partial charge in [0.1, 0.15) is 0 Å². The number of rotatable bonds is 4. The summed E-state index contributed by atoms with van der Waals surface area (Å²) in [4.78, 5) is 13.1. The quantitative estimate of drug-likeness (QED) is 0.509. The minimum absolute atomic E-state index is 0. The van der Waals surface area contributed by atoms with Gasteiger partial charge in [0.2, 0.25) is 0 Å². The van der Waals surface area contributed by atoms with Crippen LogP contribution in [0.15, 0.2) is 0 Å². The van der Waals surface area contributed by atoms with Crippen molar-refractivity contribution in [3.63, 3.8) is 0 Å². The molecule has 2 aliphatic rings. The summed E-state index contributed by atoms with van der Waals surface area (Å²) in [6.07, 6.45) is 0.519. The molecule has 2 rings (SSSR count). The first-order chi connectivity index (χ1) is 9.26. The van der Waals surface area contributed by atoms with Crippen LogP contribution < -0.4 is 56.5 Å². The van der Waals surface area contributed by atoms with Crippen LogP contribution in [0, 0.1) is 5.41 Å². The molecule has 0 amide bonds. The zero-order chi connectivity index (χ0) is 15.0. The Hall–Kier alpha value is 0.946. The molecule has 2 unspecified atom stereocenters. The number of carbonyl (C=O) groups excluding carboxylic acids is 1. The molecule has 0 radical (unpaired) electrons. The molecule has 0 saturated carbocycles. The Labute approximate surface area is 168 Å². The maximum absolute atomic E-state index is 11.3. The largest absolute Gasteiger partial charge is 1.00 e. The number of carbonyl (C=O) groups is 1. The molecule has 2 fully saturated rings. The van der Waals surface area contributed by atoms with Crippen LogP contribution in [0.25, 0.3) is 0 Å². The molecule has 116 valence electrons. The minimum Gasteiger partial charge on any atom is -0.548 e. The van der Waals surface area contributed by atoms with Crippen molar-refractivity contribution in [2.24, 2.45) is 5.41 Å². The van der Waals surface area contributed by atoms with E-state index in [-0.39, 0.29) is 63.3 Å². The van der Waals surface area contributed by atoms with Crippen LogP contribution in [0.2, 0.25) is 0 Å². The van der Waals surface area contributed by atoms with Crippen molar-refractivity contribution in [2.45, 2.75) is 50.9 Å². The molecule has 0 aliphatic carbocycles. The molecule has 21 heavy (non-hydrogen) atoms. The van der Waals surface area contributed by atoms with Gasteiger partial charge in [0.15, 0.2) is 0 Å². The predicted octanol–water partition coefficient (Wildman–Crippen LogP) is -4.26. The SMILES string of the molecule is CC1(C)CCN(CC(O)C2(O)CCOCC2)C1C(=O)[O-].[K+]. The van der Waals surface area contributed by atoms with Crippen LogP contribution in [0.4, 0.5) is 0 Å². The normalized spacial score (nSPS) is 29.6. The maximum Gasteiger partial charge on any atom is 1.00 e. The van der Waals surface area contributed by atoms with Gasteiger partial charge < -0.3 is 24.9 Å². The summed E-state index contributed by atoms with van der Waals surface area (Å²) >= 11 is 0. The smallest absolute Gasteiger partial charge is 0.548 e. The fourth-order valence-corrected chi connectivity index (χ4v) is 3.31. The van der Waals surface area contributed by atoms with Crippen molar-refractivity contribution in [2.75, 3.05) is 26.3 Å². The van der Waals surface area contributed by atoms with Crippen molar-refractivity contribution in [1.29, 1.82) is 0 Å². The van der Waals surface area contributed by atoms with E-state index >= 15 is 0 Å². The molecule has 2 N–H and O–H groups in total. The van der Waals surface area contributed by atoms with Crippen molar-refractivity contribution < 1.29 is 76.2 Å². The molecule has 6 nitrogen and oxygen atoms in total. The van der Waals surface area contributed by atoms with Crippen LogP contribution >= 0.6 is 0 Å². The average Bonchev–Trinajstić information content (AvgIpc) is 2.65. The van der Waals surface area contributed by atoms with Crippen LogP contribution in [0.5, 0.6) is 0 Å². The molecule has 7 heteroatoms. The number of aliphatic carboxylic acids is 1. The van der Waals surface area contributed by atoms with E-state index in [9.17, 15) is 20.1 Å². The number of aliphatic hydroxyl groups is 2. The second-order valence-electron chi connectivity index (χ2n) is 6.69. The van der Waals surface area contributed by atoms with Gasteiger partial charge in [0.05, 0.1) is 23.7 Å². The van der Waals surface area contributed by atoms with Crippen LogP contribution in [0.1, 0.15) is 33.1 Å². The Bertz CT molecular complexity index is 370. The molecule has 2 aliphatic heterocycles. The summed E-state index contributed by atoms with van der Waals surface area (Å²) in [5.74, 6) is -1.11. The summed E-state index contributed by atoms with van der Waals surface area (Å²) in [5.41, 5.74) is -1.56. The zero-order valence-electron chi connectivity index (χ0n) is 13.2. The van der Waals surface area contributed by atoms with E-state index in [0.29, 0.717) is 32.6 Å². The summed E-state index contributed by atoms with van der Waals surface area (Å²) in [5, 5.41) is 32.1. The van der Waals surface area contributed by atoms with E-state index in [4.69, 9.17) is 4.74 Å². The first-order valence-corrected chi connectivity index (χ1v) is 7.19. The molecular weight excluding hydrogens is 301 g/mol. The van der Waals surface area contributed by atoms with Crippen LogP contribution in [-0.4, -0.2) is 65.1 Å². The van der Waals surface area contributed by atoms with E-state index in [1.54, 1.807) is 4.90 Å². The molecule has 0 aromatic heterocycles. The number of nitrogens with zero attached hydrogens (tertiary/aromatic N) is 1. The molecule has 0 spiro atoms. The van der Waals surface area contributed by atoms with E-state index in [1.165, 1.54) is 0 Å². The van der Waals surface area contributed by atoms with Gasteiger partial charge >= 0.3 is 51.4 Å². The molecule has 2 atom stereocenters. The second kappa shape index (κ2) is 7.68. The number of hydrogen-bond acceptors (Lipinski definition) is 6. The Balaban J connectivity index is 0.00000220. The van der Waals surface area contributed by atoms with Crippen molar-refractivity contribution in [3.05, 3.63) is 0 Å². The molecule has 0 bridgehead atoms. The topological polar surface area (TPSA) is 93.1 Å². The van der Waals surface area contributed by atoms with Gasteiger partial charge in [-0.15, -0.1) is 0 Å². The maximum atomic E-state index is 11.3. The first-order valence-electron chi connectivity index (χ1n) is 7.19. The first kappa shape index (κ1) is 20.0. The number of β-amino-alcohol motifs (C(OH)–C–C–N with tert-alkyl or cyclic N) is 1. The Morgan fingerprint density at radius 2 is 1.95 bits per heavy atom. The van der Waals surface area contributed by atoms with Crippen molar-refractivity contribution in [3.8, 4) is 0 Å². The standard InChI is InChI=1S/C14H25NO5.K/c1-13(2)3-6-15(11(13)12(17)18)9-10(16)14(19)4-7-20-8-5-14;/h10-11,16,19H,3-9H2,1-2H3,(H,17,18);/q;+1/p-1. The Kier molecular flexibility index (Phi) is 7.31. The van der Waals surface area contributed by atoms with Crippen molar-refractivity contribution in [1.82, 2.24) is 4.90 Å². The average molecular weight is 325 g/mol. The van der Waals surface area contributed by atoms with Gasteiger partial charge in [0.25, 0.3) is 0 Å². The minimum atomic E-state index is -1.18. The van der Waals surface area contributed by atoms with Crippen LogP contribution in [-0.2, 0) is 9.53 Å². The van der Waals surface area contributed by atoms with E-state index in [2.05, 4.69) is 0 Å². The predicted molar refractivity (Wildman–Crippen MR) is 69.8 cm³/mol. The molecule has 0 aromatic carbocycles. The van der Waals surface area contributed by atoms with E-state index in [1.807, 2.05) is 13.8 Å². The van der Waals surface area contributed by atoms with Crippen molar-refractivity contribution >= 4 is 5.97 Å². The monoisotopic (exact) mass is 325 g/mol. The number of hydrogen-bond donors (Lipinski definition) is 2. The van der Waals surface area contributed by atoms with Gasteiger partial charge in [-0.1, -0.05) is 13.8 Å². The number of carboxylic acid groups (broad SMARTS) is 1. The number of ether oxygens (including phenoxy) is 1. The number of aliphatic hydroxyl groups excluding tert-OH is 1. The number of likely N-dealkylation sites (tertiary alicyclic amines) is 1. The molecule has 2 heterocycles.